The topological polar surface area (TPSA) is 42.3 Å². The number of hydrogen-bond acceptors (Lipinski definition) is 4. The Balaban J connectivity index is 1.58. The molecule has 0 unspecified atom stereocenters. The van der Waals surface area contributed by atoms with Gasteiger partial charge in [0.25, 0.3) is 0 Å². The molecule has 1 saturated heterocycles. The van der Waals surface area contributed by atoms with E-state index in [1.54, 1.807) is 6.20 Å². The number of aryl methyl sites for hydroxylation is 1. The number of piperazine rings is 1. The zero-order chi connectivity index (χ0) is 14.5. The standard InChI is InChI=1S/C16H22N4O/c1-14-13-15(19-9-6-17-7-10-19)3-4-16(14)21-12-11-20-8-2-5-18-20/h2-5,8,13,17H,6-7,9-12H2,1H3. The highest BCUT2D eigenvalue weighted by Crippen LogP contribution is 2.24. The van der Waals surface area contributed by atoms with Crippen molar-refractivity contribution in [2.24, 2.45) is 0 Å². The van der Waals surface area contributed by atoms with E-state index in [1.807, 2.05) is 16.9 Å². The fourth-order valence-electron chi connectivity index (χ4n) is 2.60. The van der Waals surface area contributed by atoms with Gasteiger partial charge < -0.3 is 15.0 Å². The fraction of sp³-hybridized carbons (Fsp3) is 0.438. The Morgan fingerprint density at radius 1 is 1.29 bits per heavy atom. The van der Waals surface area contributed by atoms with Crippen LogP contribution in [0.15, 0.2) is 36.7 Å². The number of nitrogens with one attached hydrogen (secondary N) is 1. The molecule has 5 heteroatoms. The van der Waals surface area contributed by atoms with Gasteiger partial charge in [0.05, 0.1) is 6.54 Å². The van der Waals surface area contributed by atoms with Gasteiger partial charge in [-0.3, -0.25) is 4.68 Å². The van der Waals surface area contributed by atoms with Crippen LogP contribution < -0.4 is 15.0 Å². The molecule has 112 valence electrons. The Bertz CT molecular complexity index is 562. The Hall–Kier alpha value is -2.01. The summed E-state index contributed by atoms with van der Waals surface area (Å²) in [5, 5.41) is 7.55. The van der Waals surface area contributed by atoms with Crippen molar-refractivity contribution in [3.8, 4) is 5.75 Å². The molecule has 0 saturated carbocycles. The van der Waals surface area contributed by atoms with Crippen LogP contribution in [0.25, 0.3) is 0 Å². The summed E-state index contributed by atoms with van der Waals surface area (Å²) in [7, 11) is 0. The number of aromatic nitrogens is 2. The SMILES string of the molecule is Cc1cc(N2CCNCC2)ccc1OCCn1cccn1. The highest BCUT2D eigenvalue weighted by atomic mass is 16.5. The van der Waals surface area contributed by atoms with Crippen molar-refractivity contribution in [3.05, 3.63) is 42.2 Å². The molecule has 0 atom stereocenters. The highest BCUT2D eigenvalue weighted by Gasteiger charge is 2.11. The summed E-state index contributed by atoms with van der Waals surface area (Å²) in [6, 6.07) is 8.37. The normalized spacial score (nSPS) is 15.2. The first-order valence-corrected chi connectivity index (χ1v) is 7.49. The van der Waals surface area contributed by atoms with Crippen molar-refractivity contribution in [2.75, 3.05) is 37.7 Å². The van der Waals surface area contributed by atoms with Gasteiger partial charge in [-0.1, -0.05) is 0 Å². The van der Waals surface area contributed by atoms with Gasteiger partial charge in [0.15, 0.2) is 0 Å². The Morgan fingerprint density at radius 3 is 2.86 bits per heavy atom. The Morgan fingerprint density at radius 2 is 2.14 bits per heavy atom. The Kier molecular flexibility index (Phi) is 4.40. The van der Waals surface area contributed by atoms with Crippen molar-refractivity contribution in [3.63, 3.8) is 0 Å². The van der Waals surface area contributed by atoms with E-state index >= 15 is 0 Å². The molecule has 1 aromatic carbocycles. The van der Waals surface area contributed by atoms with E-state index in [0.29, 0.717) is 6.61 Å². The Labute approximate surface area is 125 Å². The molecule has 0 bridgehead atoms. The summed E-state index contributed by atoms with van der Waals surface area (Å²) in [6.45, 7) is 7.76. The molecule has 0 amide bonds. The average molecular weight is 286 g/mol. The third kappa shape index (κ3) is 3.55. The van der Waals surface area contributed by atoms with E-state index in [-0.39, 0.29) is 0 Å². The van der Waals surface area contributed by atoms with Gasteiger partial charge in [-0.2, -0.15) is 5.10 Å². The summed E-state index contributed by atoms with van der Waals surface area (Å²) in [5.74, 6) is 0.959. The van der Waals surface area contributed by atoms with Crippen LogP contribution >= 0.6 is 0 Å². The summed E-state index contributed by atoms with van der Waals surface area (Å²) >= 11 is 0. The van der Waals surface area contributed by atoms with E-state index in [9.17, 15) is 0 Å². The van der Waals surface area contributed by atoms with Crippen LogP contribution in [0, 0.1) is 6.92 Å². The zero-order valence-corrected chi connectivity index (χ0v) is 12.5. The van der Waals surface area contributed by atoms with Gasteiger partial charge in [-0.15, -0.1) is 0 Å². The van der Waals surface area contributed by atoms with Crippen LogP contribution in [0.5, 0.6) is 5.75 Å². The minimum atomic E-state index is 0.634. The maximum Gasteiger partial charge on any atom is 0.122 e. The van der Waals surface area contributed by atoms with Crippen LogP contribution in [0.4, 0.5) is 5.69 Å². The van der Waals surface area contributed by atoms with Crippen molar-refractivity contribution < 1.29 is 4.74 Å². The highest BCUT2D eigenvalue weighted by molar-refractivity contribution is 5.53. The first-order chi connectivity index (χ1) is 10.3. The van der Waals surface area contributed by atoms with Crippen LogP contribution in [-0.4, -0.2) is 42.6 Å². The van der Waals surface area contributed by atoms with Gasteiger partial charge in [-0.05, 0) is 36.8 Å². The predicted molar refractivity (Wildman–Crippen MR) is 84.0 cm³/mol. The molecule has 1 fully saturated rings. The van der Waals surface area contributed by atoms with Crippen molar-refractivity contribution in [1.82, 2.24) is 15.1 Å². The average Bonchev–Trinajstić information content (AvgIpc) is 3.03. The summed E-state index contributed by atoms with van der Waals surface area (Å²) < 4.78 is 7.74. The number of ether oxygens (including phenoxy) is 1. The van der Waals surface area contributed by atoms with E-state index in [0.717, 1.165) is 38.5 Å². The van der Waals surface area contributed by atoms with Gasteiger partial charge in [0, 0.05) is 44.3 Å². The molecule has 3 rings (SSSR count). The van der Waals surface area contributed by atoms with E-state index in [4.69, 9.17) is 4.74 Å². The second kappa shape index (κ2) is 6.63. The minimum absolute atomic E-state index is 0.634. The van der Waals surface area contributed by atoms with Crippen molar-refractivity contribution in [2.45, 2.75) is 13.5 Å². The van der Waals surface area contributed by atoms with Gasteiger partial charge in [-0.25, -0.2) is 0 Å². The van der Waals surface area contributed by atoms with E-state index in [1.165, 1.54) is 11.3 Å². The predicted octanol–water partition coefficient (Wildman–Crippen LogP) is 1.68. The van der Waals surface area contributed by atoms with E-state index < -0.39 is 0 Å². The minimum Gasteiger partial charge on any atom is -0.491 e. The lowest BCUT2D eigenvalue weighted by atomic mass is 10.1. The number of hydrogen-bond donors (Lipinski definition) is 1. The molecule has 2 aromatic rings. The molecular formula is C16H22N4O. The third-order valence-corrected chi connectivity index (χ3v) is 3.78. The lowest BCUT2D eigenvalue weighted by Gasteiger charge is -2.29. The van der Waals surface area contributed by atoms with Gasteiger partial charge in [0.2, 0.25) is 0 Å². The smallest absolute Gasteiger partial charge is 0.122 e. The van der Waals surface area contributed by atoms with Crippen LogP contribution in [0.2, 0.25) is 0 Å². The largest absolute Gasteiger partial charge is 0.491 e. The summed E-state index contributed by atoms with van der Waals surface area (Å²) in [5.41, 5.74) is 2.47. The van der Waals surface area contributed by atoms with Gasteiger partial charge >= 0.3 is 0 Å². The molecule has 0 aliphatic carbocycles. The first-order valence-electron chi connectivity index (χ1n) is 7.49. The van der Waals surface area contributed by atoms with Gasteiger partial charge in [0.1, 0.15) is 12.4 Å². The second-order valence-corrected chi connectivity index (χ2v) is 5.30. The maximum atomic E-state index is 5.86. The summed E-state index contributed by atoms with van der Waals surface area (Å²) in [4.78, 5) is 2.41. The molecular weight excluding hydrogens is 264 g/mol. The monoisotopic (exact) mass is 286 g/mol. The van der Waals surface area contributed by atoms with Crippen molar-refractivity contribution >= 4 is 5.69 Å². The molecule has 0 spiro atoms. The quantitative estimate of drug-likeness (QED) is 0.908. The van der Waals surface area contributed by atoms with Crippen LogP contribution in [0.3, 0.4) is 0 Å². The molecule has 0 radical (unpaired) electrons. The summed E-state index contributed by atoms with van der Waals surface area (Å²) in [6.07, 6.45) is 3.73. The molecule has 1 aliphatic heterocycles. The zero-order valence-electron chi connectivity index (χ0n) is 12.5. The molecule has 1 aliphatic rings. The van der Waals surface area contributed by atoms with E-state index in [2.05, 4.69) is 40.4 Å². The second-order valence-electron chi connectivity index (χ2n) is 5.30. The molecule has 2 heterocycles. The lowest BCUT2D eigenvalue weighted by molar-refractivity contribution is 0.289. The van der Waals surface area contributed by atoms with Crippen LogP contribution in [0.1, 0.15) is 5.56 Å². The number of rotatable bonds is 5. The number of nitrogens with zero attached hydrogens (tertiary/aromatic N) is 3. The molecule has 1 aromatic heterocycles. The molecule has 21 heavy (non-hydrogen) atoms. The molecule has 5 nitrogen and oxygen atoms in total. The lowest BCUT2D eigenvalue weighted by Crippen LogP contribution is -2.43. The third-order valence-electron chi connectivity index (χ3n) is 3.78. The van der Waals surface area contributed by atoms with Crippen molar-refractivity contribution in [1.29, 1.82) is 0 Å². The molecule has 1 N–H and O–H groups in total. The number of anilines is 1. The number of benzene rings is 1. The fourth-order valence-corrected chi connectivity index (χ4v) is 2.60. The first kappa shape index (κ1) is 13.9. The van der Waals surface area contributed by atoms with Crippen LogP contribution in [-0.2, 0) is 6.54 Å². The maximum absolute atomic E-state index is 5.86.